The summed E-state index contributed by atoms with van der Waals surface area (Å²) < 4.78 is 0. The monoisotopic (exact) mass is 353 g/mol. The molecule has 3 aromatic rings. The van der Waals surface area contributed by atoms with Crippen LogP contribution in [0.4, 0.5) is 5.69 Å². The lowest BCUT2D eigenvalue weighted by molar-refractivity contribution is 0.112. The van der Waals surface area contributed by atoms with Gasteiger partial charge in [-0.1, -0.05) is 60.7 Å². The Morgan fingerprint density at radius 1 is 0.852 bits per heavy atom. The summed E-state index contributed by atoms with van der Waals surface area (Å²) >= 11 is 0. The highest BCUT2D eigenvalue weighted by Crippen LogP contribution is 2.47. The average molecular weight is 353 g/mol. The maximum atomic E-state index is 12.1. The molecule has 3 aromatic carbocycles. The highest BCUT2D eigenvalue weighted by atomic mass is 16.1. The van der Waals surface area contributed by atoms with E-state index < -0.39 is 0 Å². The summed E-state index contributed by atoms with van der Waals surface area (Å²) in [5, 5.41) is 0. The summed E-state index contributed by atoms with van der Waals surface area (Å²) in [6, 6.07) is 23.2. The molecule has 0 aliphatic heterocycles. The first-order chi connectivity index (χ1) is 13.1. The largest absolute Gasteiger partial charge is 0.377 e. The Bertz CT molecular complexity index is 1030. The van der Waals surface area contributed by atoms with Crippen molar-refractivity contribution in [3.8, 4) is 0 Å². The van der Waals surface area contributed by atoms with Crippen molar-refractivity contribution in [3.63, 3.8) is 0 Å². The molecule has 0 radical (unpaired) electrons. The number of hydrogen-bond acceptors (Lipinski definition) is 2. The molecule has 0 N–H and O–H groups in total. The van der Waals surface area contributed by atoms with Crippen LogP contribution in [0, 0.1) is 6.92 Å². The molecule has 1 aliphatic carbocycles. The van der Waals surface area contributed by atoms with E-state index in [1.165, 1.54) is 22.3 Å². The molecule has 0 saturated carbocycles. The molecule has 2 heteroatoms. The molecule has 2 nitrogen and oxygen atoms in total. The van der Waals surface area contributed by atoms with E-state index in [9.17, 15) is 4.79 Å². The van der Waals surface area contributed by atoms with Gasteiger partial charge in [0.15, 0.2) is 6.29 Å². The third-order valence-corrected chi connectivity index (χ3v) is 5.47. The van der Waals surface area contributed by atoms with Crippen LogP contribution in [0.25, 0.3) is 11.6 Å². The van der Waals surface area contributed by atoms with Gasteiger partial charge < -0.3 is 4.90 Å². The van der Waals surface area contributed by atoms with Crippen molar-refractivity contribution in [1.82, 2.24) is 0 Å². The average Bonchev–Trinajstić information content (AvgIpc) is 3.07. The number of hydrogen-bond donors (Lipinski definition) is 0. The standard InChI is InChI=1S/C25H23NO/c1-17-23(16-27)21(13-14-24(17)26(2)3)25-20-12-8-7-11-19(20)15-22(25)18-9-5-4-6-10-18/h4-16,25H,1-3H3. The number of carbonyl (C=O) groups is 1. The summed E-state index contributed by atoms with van der Waals surface area (Å²) in [5.41, 5.74) is 8.92. The maximum absolute atomic E-state index is 12.1. The molecule has 4 rings (SSSR count). The number of anilines is 1. The molecule has 0 fully saturated rings. The number of benzene rings is 3. The van der Waals surface area contributed by atoms with E-state index in [-0.39, 0.29) is 5.92 Å². The number of fused-ring (bicyclic) bond motifs is 1. The van der Waals surface area contributed by atoms with Gasteiger partial charge in [0, 0.05) is 31.3 Å². The molecule has 1 unspecified atom stereocenters. The van der Waals surface area contributed by atoms with E-state index in [1.54, 1.807) is 0 Å². The van der Waals surface area contributed by atoms with Crippen LogP contribution in [0.3, 0.4) is 0 Å². The van der Waals surface area contributed by atoms with E-state index in [2.05, 4.69) is 71.6 Å². The lowest BCUT2D eigenvalue weighted by atomic mass is 9.82. The topological polar surface area (TPSA) is 20.3 Å². The molecule has 134 valence electrons. The zero-order valence-corrected chi connectivity index (χ0v) is 15.9. The van der Waals surface area contributed by atoms with Crippen LogP contribution in [0.2, 0.25) is 0 Å². The van der Waals surface area contributed by atoms with E-state index in [1.807, 2.05) is 27.1 Å². The Balaban J connectivity index is 1.95. The molecule has 1 aliphatic rings. The predicted octanol–water partition coefficient (Wildman–Crippen LogP) is 5.56. The van der Waals surface area contributed by atoms with Gasteiger partial charge in [-0.25, -0.2) is 0 Å². The number of nitrogens with zero attached hydrogens (tertiary/aromatic N) is 1. The molecule has 0 spiro atoms. The molecule has 0 heterocycles. The zero-order valence-electron chi connectivity index (χ0n) is 15.9. The van der Waals surface area contributed by atoms with Gasteiger partial charge in [0.1, 0.15) is 0 Å². The van der Waals surface area contributed by atoms with Crippen molar-refractivity contribution >= 4 is 23.6 Å². The van der Waals surface area contributed by atoms with Crippen LogP contribution in [-0.4, -0.2) is 20.4 Å². The second-order valence-corrected chi connectivity index (χ2v) is 7.25. The first-order valence-electron chi connectivity index (χ1n) is 9.23. The molecule has 27 heavy (non-hydrogen) atoms. The molecular weight excluding hydrogens is 330 g/mol. The third-order valence-electron chi connectivity index (χ3n) is 5.47. The molecule has 0 saturated heterocycles. The van der Waals surface area contributed by atoms with Crippen molar-refractivity contribution in [3.05, 3.63) is 100 Å². The Morgan fingerprint density at radius 3 is 2.26 bits per heavy atom. The minimum Gasteiger partial charge on any atom is -0.377 e. The maximum Gasteiger partial charge on any atom is 0.150 e. The summed E-state index contributed by atoms with van der Waals surface area (Å²) in [4.78, 5) is 14.2. The van der Waals surface area contributed by atoms with Crippen LogP contribution in [0.15, 0.2) is 66.7 Å². The van der Waals surface area contributed by atoms with E-state index >= 15 is 0 Å². The molecule has 0 bridgehead atoms. The summed E-state index contributed by atoms with van der Waals surface area (Å²) in [6.45, 7) is 2.04. The van der Waals surface area contributed by atoms with Crippen molar-refractivity contribution in [2.75, 3.05) is 19.0 Å². The van der Waals surface area contributed by atoms with Crippen molar-refractivity contribution in [2.45, 2.75) is 12.8 Å². The fourth-order valence-electron chi connectivity index (χ4n) is 4.17. The van der Waals surface area contributed by atoms with Crippen LogP contribution in [0.1, 0.15) is 44.1 Å². The van der Waals surface area contributed by atoms with Gasteiger partial charge in [-0.3, -0.25) is 4.79 Å². The second-order valence-electron chi connectivity index (χ2n) is 7.25. The number of rotatable bonds is 4. The van der Waals surface area contributed by atoms with Crippen LogP contribution in [-0.2, 0) is 0 Å². The minimum atomic E-state index is 0.0683. The predicted molar refractivity (Wildman–Crippen MR) is 113 cm³/mol. The minimum absolute atomic E-state index is 0.0683. The number of aldehydes is 1. The molecule has 0 amide bonds. The van der Waals surface area contributed by atoms with Gasteiger partial charge in [-0.2, -0.15) is 0 Å². The fraction of sp³-hybridized carbons (Fsp3) is 0.160. The Hall–Kier alpha value is -3.13. The first kappa shape index (κ1) is 17.3. The third kappa shape index (κ3) is 2.87. The van der Waals surface area contributed by atoms with Crippen molar-refractivity contribution in [2.24, 2.45) is 0 Å². The van der Waals surface area contributed by atoms with Crippen molar-refractivity contribution in [1.29, 1.82) is 0 Å². The van der Waals surface area contributed by atoms with Gasteiger partial charge in [0.2, 0.25) is 0 Å². The highest BCUT2D eigenvalue weighted by Gasteiger charge is 2.30. The lowest BCUT2D eigenvalue weighted by Crippen LogP contribution is -2.13. The zero-order chi connectivity index (χ0) is 19.0. The Kier molecular flexibility index (Phi) is 4.41. The SMILES string of the molecule is Cc1c(N(C)C)ccc(C2C(c3ccccc3)=Cc3ccccc32)c1C=O. The number of carbonyl (C=O) groups excluding carboxylic acids is 1. The van der Waals surface area contributed by atoms with E-state index in [0.29, 0.717) is 0 Å². The normalized spacial score (nSPS) is 15.2. The smallest absolute Gasteiger partial charge is 0.150 e. The highest BCUT2D eigenvalue weighted by molar-refractivity contribution is 5.96. The van der Waals surface area contributed by atoms with Gasteiger partial charge in [0.05, 0.1) is 0 Å². The summed E-state index contributed by atoms with van der Waals surface area (Å²) in [6.07, 6.45) is 3.28. The first-order valence-corrected chi connectivity index (χ1v) is 9.23. The van der Waals surface area contributed by atoms with E-state index in [4.69, 9.17) is 0 Å². The van der Waals surface area contributed by atoms with Crippen LogP contribution >= 0.6 is 0 Å². The quantitative estimate of drug-likeness (QED) is 0.572. The number of allylic oxidation sites excluding steroid dienone is 1. The lowest BCUT2D eigenvalue weighted by Gasteiger charge is -2.24. The van der Waals surface area contributed by atoms with Crippen LogP contribution in [0.5, 0.6) is 0 Å². The van der Waals surface area contributed by atoms with E-state index in [0.717, 1.165) is 28.7 Å². The van der Waals surface area contributed by atoms with Crippen molar-refractivity contribution < 1.29 is 4.79 Å². The second kappa shape index (κ2) is 6.88. The summed E-state index contributed by atoms with van der Waals surface area (Å²) in [5.74, 6) is 0.0683. The Labute approximate surface area is 160 Å². The molecule has 1 atom stereocenters. The Morgan fingerprint density at radius 2 is 1.56 bits per heavy atom. The van der Waals surface area contributed by atoms with Gasteiger partial charge in [-0.15, -0.1) is 0 Å². The van der Waals surface area contributed by atoms with Gasteiger partial charge >= 0.3 is 0 Å². The fourth-order valence-corrected chi connectivity index (χ4v) is 4.17. The summed E-state index contributed by atoms with van der Waals surface area (Å²) in [7, 11) is 4.02. The molecular formula is C25H23NO. The van der Waals surface area contributed by atoms with Gasteiger partial charge in [0.25, 0.3) is 0 Å². The van der Waals surface area contributed by atoms with Gasteiger partial charge in [-0.05, 0) is 52.5 Å². The molecule has 0 aromatic heterocycles. The van der Waals surface area contributed by atoms with Crippen LogP contribution < -0.4 is 4.90 Å².